The monoisotopic (exact) mass is 533 g/mol. The van der Waals surface area contributed by atoms with Gasteiger partial charge in [0.15, 0.2) is 11.5 Å². The Bertz CT molecular complexity index is 1200. The molecule has 2 fully saturated rings. The molecule has 2 aromatic rings. The van der Waals surface area contributed by atoms with Gasteiger partial charge in [0.05, 0.1) is 42.5 Å². The van der Waals surface area contributed by atoms with Gasteiger partial charge in [-0.3, -0.25) is 9.59 Å². The van der Waals surface area contributed by atoms with Gasteiger partial charge in [0.1, 0.15) is 16.5 Å². The molecule has 1 N–H and O–H groups in total. The topological polar surface area (TPSA) is 85.3 Å². The second-order valence-electron chi connectivity index (χ2n) is 9.17. The minimum absolute atomic E-state index is 0.00277. The number of carbonyl (C=O) groups excluding carboxylic acids is 2. The third kappa shape index (κ3) is 4.62. The van der Waals surface area contributed by atoms with Crippen molar-refractivity contribution < 1.29 is 28.9 Å². The van der Waals surface area contributed by atoms with Crippen molar-refractivity contribution in [1.29, 1.82) is 0 Å². The highest BCUT2D eigenvalue weighted by Crippen LogP contribution is 2.48. The number of hydrogen-bond acceptors (Lipinski definition) is 6. The molecule has 2 aliphatic rings. The molecule has 9 heteroatoms. The minimum Gasteiger partial charge on any atom is -0.507 e. The summed E-state index contributed by atoms with van der Waals surface area (Å²) in [7, 11) is 2.79. The van der Waals surface area contributed by atoms with Gasteiger partial charge in [-0.05, 0) is 50.5 Å². The molecule has 1 saturated heterocycles. The molecular formula is C27H29Cl2NO6. The normalized spacial score (nSPS) is 19.9. The molecule has 1 aliphatic heterocycles. The number of ether oxygens (including phenoxy) is 3. The zero-order valence-corrected chi connectivity index (χ0v) is 22.2. The Kier molecular flexibility index (Phi) is 7.71. The molecule has 1 saturated carbocycles. The minimum atomic E-state index is -0.787. The standard InChI is InChI=1S/C27H29Cl2NO6/c1-14(2)36-17-11-9-15(10-12-17)22-20(24(32)27(33)30(22)16-7-5-6-8-16)23(31)18-13-19(28)26(35-4)21(29)25(18)34-3/h9-14,16,22,31H,5-8H2,1-4H3/b23-20+. The number of ketones is 1. The molecule has 1 unspecified atom stereocenters. The van der Waals surface area contributed by atoms with Crippen molar-refractivity contribution in [1.82, 2.24) is 4.90 Å². The van der Waals surface area contributed by atoms with Gasteiger partial charge < -0.3 is 24.2 Å². The Hall–Kier alpha value is -2.90. The van der Waals surface area contributed by atoms with E-state index in [2.05, 4.69) is 0 Å². The maximum Gasteiger partial charge on any atom is 0.295 e. The van der Waals surface area contributed by atoms with Crippen molar-refractivity contribution in [3.05, 3.63) is 57.1 Å². The largest absolute Gasteiger partial charge is 0.507 e. The van der Waals surface area contributed by atoms with Crippen molar-refractivity contribution >= 4 is 40.7 Å². The molecule has 0 spiro atoms. The van der Waals surface area contributed by atoms with Gasteiger partial charge in [-0.1, -0.05) is 48.2 Å². The predicted octanol–water partition coefficient (Wildman–Crippen LogP) is 6.16. The number of methoxy groups -OCH3 is 2. The van der Waals surface area contributed by atoms with E-state index in [4.69, 9.17) is 37.4 Å². The molecule has 0 aromatic heterocycles. The lowest BCUT2D eigenvalue weighted by Gasteiger charge is -2.31. The van der Waals surface area contributed by atoms with Crippen LogP contribution in [-0.2, 0) is 9.59 Å². The Labute approximate surface area is 220 Å². The van der Waals surface area contributed by atoms with Gasteiger partial charge in [-0.15, -0.1) is 0 Å². The molecule has 0 radical (unpaired) electrons. The third-order valence-electron chi connectivity index (χ3n) is 6.56. The number of likely N-dealkylation sites (tertiary alicyclic amines) is 1. The van der Waals surface area contributed by atoms with Crippen LogP contribution >= 0.6 is 23.2 Å². The average Bonchev–Trinajstić information content (AvgIpc) is 3.45. The van der Waals surface area contributed by atoms with Crippen LogP contribution in [0.4, 0.5) is 0 Å². The van der Waals surface area contributed by atoms with E-state index in [9.17, 15) is 14.7 Å². The summed E-state index contributed by atoms with van der Waals surface area (Å²) in [6, 6.07) is 7.75. The number of aliphatic hydroxyl groups excluding tert-OH is 1. The van der Waals surface area contributed by atoms with Crippen LogP contribution in [0.2, 0.25) is 10.0 Å². The van der Waals surface area contributed by atoms with E-state index in [1.54, 1.807) is 17.0 Å². The summed E-state index contributed by atoms with van der Waals surface area (Å²) in [5, 5.41) is 11.7. The molecule has 192 valence electrons. The van der Waals surface area contributed by atoms with Crippen molar-refractivity contribution in [2.45, 2.75) is 57.7 Å². The SMILES string of the molecule is COc1c(Cl)cc(/C(O)=C2\C(=O)C(=O)N(C3CCCC3)C2c2ccc(OC(C)C)cc2)c(OC)c1Cl. The maximum atomic E-state index is 13.4. The van der Waals surface area contributed by atoms with Gasteiger partial charge in [0.25, 0.3) is 11.7 Å². The number of halogens is 2. The van der Waals surface area contributed by atoms with Crippen LogP contribution in [0.15, 0.2) is 35.9 Å². The number of hydrogen-bond donors (Lipinski definition) is 1. The molecule has 2 aromatic carbocycles. The summed E-state index contributed by atoms with van der Waals surface area (Å²) in [5.74, 6) is -0.887. The van der Waals surface area contributed by atoms with Crippen molar-refractivity contribution in [2.75, 3.05) is 14.2 Å². The summed E-state index contributed by atoms with van der Waals surface area (Å²) in [6.07, 6.45) is 3.53. The zero-order chi connectivity index (χ0) is 26.1. The highest BCUT2D eigenvalue weighted by molar-refractivity contribution is 6.47. The van der Waals surface area contributed by atoms with Gasteiger partial charge in [0.2, 0.25) is 0 Å². The molecule has 1 atom stereocenters. The number of benzene rings is 2. The molecule has 7 nitrogen and oxygen atoms in total. The number of nitrogens with zero attached hydrogens (tertiary/aromatic N) is 1. The first-order chi connectivity index (χ1) is 17.2. The van der Waals surface area contributed by atoms with Crippen LogP contribution in [0, 0.1) is 0 Å². The number of carbonyl (C=O) groups is 2. The van der Waals surface area contributed by atoms with Crippen LogP contribution in [0.5, 0.6) is 17.2 Å². The van der Waals surface area contributed by atoms with E-state index >= 15 is 0 Å². The lowest BCUT2D eigenvalue weighted by atomic mass is 9.94. The number of Topliss-reactive ketones (excluding diaryl/α,β-unsaturated/α-hetero) is 1. The molecule has 0 bridgehead atoms. The van der Waals surface area contributed by atoms with Crippen molar-refractivity contribution in [2.24, 2.45) is 0 Å². The Morgan fingerprint density at radius 1 is 1.03 bits per heavy atom. The highest BCUT2D eigenvalue weighted by atomic mass is 35.5. The second-order valence-corrected chi connectivity index (χ2v) is 9.95. The fraction of sp³-hybridized carbons (Fsp3) is 0.407. The fourth-order valence-electron chi connectivity index (χ4n) is 5.03. The van der Waals surface area contributed by atoms with Crippen LogP contribution in [0.1, 0.15) is 56.7 Å². The van der Waals surface area contributed by atoms with Gasteiger partial charge in [-0.2, -0.15) is 0 Å². The summed E-state index contributed by atoms with van der Waals surface area (Å²) < 4.78 is 16.4. The summed E-state index contributed by atoms with van der Waals surface area (Å²) in [5.41, 5.74) is 0.742. The summed E-state index contributed by atoms with van der Waals surface area (Å²) in [6.45, 7) is 3.86. The van der Waals surface area contributed by atoms with E-state index in [1.807, 2.05) is 26.0 Å². The predicted molar refractivity (Wildman–Crippen MR) is 138 cm³/mol. The maximum absolute atomic E-state index is 13.4. The van der Waals surface area contributed by atoms with Crippen molar-refractivity contribution in [3.63, 3.8) is 0 Å². The van der Waals surface area contributed by atoms with Crippen LogP contribution in [0.3, 0.4) is 0 Å². The Morgan fingerprint density at radius 3 is 2.19 bits per heavy atom. The Balaban J connectivity index is 1.91. The van der Waals surface area contributed by atoms with Crippen LogP contribution in [-0.4, -0.2) is 48.1 Å². The molecule has 36 heavy (non-hydrogen) atoms. The van der Waals surface area contributed by atoms with E-state index in [-0.39, 0.29) is 44.8 Å². The first-order valence-electron chi connectivity index (χ1n) is 11.9. The highest BCUT2D eigenvalue weighted by Gasteiger charge is 2.49. The summed E-state index contributed by atoms with van der Waals surface area (Å²) >= 11 is 12.8. The zero-order valence-electron chi connectivity index (χ0n) is 20.6. The number of rotatable bonds is 7. The average molecular weight is 534 g/mol. The van der Waals surface area contributed by atoms with E-state index in [1.165, 1.54) is 20.3 Å². The smallest absolute Gasteiger partial charge is 0.295 e. The van der Waals surface area contributed by atoms with Crippen LogP contribution < -0.4 is 14.2 Å². The van der Waals surface area contributed by atoms with E-state index in [0.717, 1.165) is 25.7 Å². The van der Waals surface area contributed by atoms with Crippen LogP contribution in [0.25, 0.3) is 5.76 Å². The first kappa shape index (κ1) is 26.2. The number of amides is 1. The van der Waals surface area contributed by atoms with Gasteiger partial charge >= 0.3 is 0 Å². The molecule has 1 amide bonds. The molecule has 1 heterocycles. The van der Waals surface area contributed by atoms with Gasteiger partial charge in [-0.25, -0.2) is 0 Å². The number of aliphatic hydroxyl groups is 1. The Morgan fingerprint density at radius 2 is 1.64 bits per heavy atom. The van der Waals surface area contributed by atoms with Gasteiger partial charge in [0, 0.05) is 6.04 Å². The molecule has 1 aliphatic carbocycles. The lowest BCUT2D eigenvalue weighted by molar-refractivity contribution is -0.141. The fourth-order valence-corrected chi connectivity index (χ4v) is 5.72. The second kappa shape index (κ2) is 10.6. The lowest BCUT2D eigenvalue weighted by Crippen LogP contribution is -2.37. The first-order valence-corrected chi connectivity index (χ1v) is 12.6. The molecular weight excluding hydrogens is 505 g/mol. The van der Waals surface area contributed by atoms with Crippen molar-refractivity contribution in [3.8, 4) is 17.2 Å². The van der Waals surface area contributed by atoms with E-state index < -0.39 is 23.5 Å². The molecule has 4 rings (SSSR count). The van der Waals surface area contributed by atoms with E-state index in [0.29, 0.717) is 11.3 Å². The third-order valence-corrected chi connectivity index (χ3v) is 7.18. The summed E-state index contributed by atoms with van der Waals surface area (Å²) in [4.78, 5) is 28.3. The quantitative estimate of drug-likeness (QED) is 0.260.